The Balaban J connectivity index is 4.70. The van der Waals surface area contributed by atoms with Gasteiger partial charge in [0.2, 0.25) is 0 Å². The lowest BCUT2D eigenvalue weighted by molar-refractivity contribution is -1.05. The first-order chi connectivity index (χ1) is 4.80. The van der Waals surface area contributed by atoms with Crippen LogP contribution in [0.25, 0.3) is 0 Å². The molecule has 0 heterocycles. The van der Waals surface area contributed by atoms with Gasteiger partial charge in [0.25, 0.3) is 5.82 Å². The predicted octanol–water partition coefficient (Wildman–Crippen LogP) is -2.00. The molecule has 0 aromatic heterocycles. The van der Waals surface area contributed by atoms with Crippen LogP contribution in [0.15, 0.2) is 11.6 Å². The second kappa shape index (κ2) is 2.93. The largest absolute Gasteiger partial charge is 0.591 e. The topological polar surface area (TPSA) is 147 Å². The molecule has 2 atom stereocenters. The lowest BCUT2D eigenvalue weighted by Crippen LogP contribution is -2.54. The zero-order valence-electron chi connectivity index (χ0n) is 6.19. The van der Waals surface area contributed by atoms with E-state index in [-0.39, 0.29) is 0 Å². The summed E-state index contributed by atoms with van der Waals surface area (Å²) in [6.45, 7) is 1.28. The van der Waals surface area contributed by atoms with E-state index in [1.54, 1.807) is 0 Å². The molecule has 0 aromatic carbocycles. The van der Waals surface area contributed by atoms with Crippen LogP contribution in [0.3, 0.4) is 0 Å². The molecular weight excluding hydrogens is 150 g/mol. The number of hydrogen-bond donors (Lipinski definition) is 5. The quantitative estimate of drug-likeness (QED) is 0.180. The van der Waals surface area contributed by atoms with E-state index < -0.39 is 22.6 Å². The Bertz CT molecular complexity index is 171. The minimum Gasteiger partial charge on any atom is -0.591 e. The van der Waals surface area contributed by atoms with E-state index in [9.17, 15) is 5.21 Å². The van der Waals surface area contributed by atoms with Gasteiger partial charge in [-0.2, -0.15) is 4.81 Å². The molecule has 2 unspecified atom stereocenters. The second-order valence-electron chi connectivity index (χ2n) is 2.20. The molecule has 7 heteroatoms. The normalized spacial score (nSPS) is 18.5. The molecule has 7 nitrogen and oxygen atoms in total. The fraction of sp³-hybridized carbons (Fsp3) is 0.500. The van der Waals surface area contributed by atoms with Crippen LogP contribution in [-0.4, -0.2) is 16.2 Å². The summed E-state index contributed by atoms with van der Waals surface area (Å²) < 4.78 is 0. The fourth-order valence-corrected chi connectivity index (χ4v) is 0.404. The number of rotatable bonds is 2. The summed E-state index contributed by atoms with van der Waals surface area (Å²) in [6, 6.07) is 0. The van der Waals surface area contributed by atoms with Gasteiger partial charge in [0.05, 0.1) is 0 Å². The van der Waals surface area contributed by atoms with Gasteiger partial charge >= 0.3 is 0 Å². The number of nitrogens with two attached hydrogens (primary N) is 4. The summed E-state index contributed by atoms with van der Waals surface area (Å²) in [5.74, 6) is -1.03. The molecule has 66 valence electrons. The summed E-state index contributed by atoms with van der Waals surface area (Å²) in [7, 11) is 0. The van der Waals surface area contributed by atoms with Crippen LogP contribution in [-0.2, 0) is 0 Å². The van der Waals surface area contributed by atoms with Crippen LogP contribution in [0.1, 0.15) is 6.92 Å². The molecule has 0 aliphatic rings. The highest BCUT2D eigenvalue weighted by Crippen LogP contribution is 2.09. The van der Waals surface area contributed by atoms with E-state index in [1.807, 2.05) is 0 Å². The number of hydroxylamine groups is 4. The standard InChI is InChI=1S/C4H13N5O2/c1-2(5)9(10,11)4(8)3(6)7/h2,10H,5-8H2,1H3. The van der Waals surface area contributed by atoms with E-state index in [1.165, 1.54) is 6.92 Å². The van der Waals surface area contributed by atoms with Crippen molar-refractivity contribution in [2.24, 2.45) is 22.9 Å². The Morgan fingerprint density at radius 1 is 1.45 bits per heavy atom. The minimum absolute atomic E-state index is 0.431. The smallest absolute Gasteiger partial charge is 0.273 e. The summed E-state index contributed by atoms with van der Waals surface area (Å²) in [4.78, 5) is -1.94. The van der Waals surface area contributed by atoms with Gasteiger partial charge in [0, 0.05) is 6.92 Å². The van der Waals surface area contributed by atoms with E-state index in [4.69, 9.17) is 28.1 Å². The first-order valence-corrected chi connectivity index (χ1v) is 2.89. The van der Waals surface area contributed by atoms with Crippen molar-refractivity contribution in [1.82, 2.24) is 0 Å². The van der Waals surface area contributed by atoms with Gasteiger partial charge in [-0.1, -0.05) is 0 Å². The van der Waals surface area contributed by atoms with Crippen molar-refractivity contribution in [3.63, 3.8) is 0 Å². The van der Waals surface area contributed by atoms with Crippen LogP contribution in [0, 0.1) is 5.21 Å². The van der Waals surface area contributed by atoms with Crippen LogP contribution in [0.2, 0.25) is 0 Å². The Kier molecular flexibility index (Phi) is 2.65. The summed E-state index contributed by atoms with van der Waals surface area (Å²) in [6.07, 6.45) is -1.13. The van der Waals surface area contributed by atoms with Crippen LogP contribution in [0.5, 0.6) is 0 Å². The van der Waals surface area contributed by atoms with Gasteiger partial charge in [-0.05, 0) is 0 Å². The molecule has 0 radical (unpaired) electrons. The molecule has 0 amide bonds. The van der Waals surface area contributed by atoms with Gasteiger partial charge < -0.3 is 22.4 Å². The highest BCUT2D eigenvalue weighted by Gasteiger charge is 2.25. The molecule has 11 heavy (non-hydrogen) atoms. The third kappa shape index (κ3) is 1.95. The maximum absolute atomic E-state index is 11.0. The van der Waals surface area contributed by atoms with Gasteiger partial charge in [-0.25, -0.2) is 5.21 Å². The zero-order valence-corrected chi connectivity index (χ0v) is 6.19. The number of quaternary nitrogens is 1. The number of hydrogen-bond acceptors (Lipinski definition) is 6. The maximum atomic E-state index is 11.0. The molecule has 0 saturated heterocycles. The van der Waals surface area contributed by atoms with Crippen molar-refractivity contribution in [3.05, 3.63) is 16.8 Å². The Morgan fingerprint density at radius 2 is 1.82 bits per heavy atom. The Morgan fingerprint density at radius 3 is 1.91 bits per heavy atom. The summed E-state index contributed by atoms with van der Waals surface area (Å²) in [5.41, 5.74) is 20.1. The van der Waals surface area contributed by atoms with Gasteiger partial charge in [0.1, 0.15) is 0 Å². The number of nitrogens with zero attached hydrogens (tertiary/aromatic N) is 1. The Hall–Kier alpha value is -1.02. The third-order valence-corrected chi connectivity index (χ3v) is 1.19. The molecule has 0 saturated carbocycles. The molecule has 0 aliphatic heterocycles. The van der Waals surface area contributed by atoms with Crippen molar-refractivity contribution in [2.75, 3.05) is 0 Å². The maximum Gasteiger partial charge on any atom is 0.273 e. The van der Waals surface area contributed by atoms with Crippen molar-refractivity contribution in [1.29, 1.82) is 0 Å². The second-order valence-corrected chi connectivity index (χ2v) is 2.20. The van der Waals surface area contributed by atoms with Crippen LogP contribution < -0.4 is 22.9 Å². The average molecular weight is 163 g/mol. The van der Waals surface area contributed by atoms with E-state index >= 15 is 0 Å². The monoisotopic (exact) mass is 163 g/mol. The molecule has 0 aromatic rings. The van der Waals surface area contributed by atoms with Crippen LogP contribution in [0.4, 0.5) is 0 Å². The highest BCUT2D eigenvalue weighted by atomic mass is 16.8. The summed E-state index contributed by atoms with van der Waals surface area (Å²) >= 11 is 0. The molecule has 0 fully saturated rings. The zero-order chi connectivity index (χ0) is 9.23. The van der Waals surface area contributed by atoms with Crippen molar-refractivity contribution < 1.29 is 10.0 Å². The minimum atomic E-state index is -1.94. The molecular formula is C4H13N5O2. The van der Waals surface area contributed by atoms with Crippen molar-refractivity contribution in [2.45, 2.75) is 13.1 Å². The fourth-order valence-electron chi connectivity index (χ4n) is 0.404. The molecule has 9 N–H and O–H groups in total. The first-order valence-electron chi connectivity index (χ1n) is 2.89. The van der Waals surface area contributed by atoms with Crippen molar-refractivity contribution in [3.8, 4) is 0 Å². The van der Waals surface area contributed by atoms with E-state index in [2.05, 4.69) is 0 Å². The average Bonchev–Trinajstić information content (AvgIpc) is 1.85. The predicted molar refractivity (Wildman–Crippen MR) is 38.7 cm³/mol. The first kappa shape index (κ1) is 9.98. The molecule has 0 bridgehead atoms. The SMILES string of the molecule is CC(N)[N+]([O-])(O)C(N)=C(N)N. The lowest BCUT2D eigenvalue weighted by atomic mass is 10.5. The van der Waals surface area contributed by atoms with Gasteiger partial charge in [-0.15, -0.1) is 0 Å². The summed E-state index contributed by atoms with van der Waals surface area (Å²) in [5, 5.41) is 19.9. The molecule has 0 aliphatic carbocycles. The van der Waals surface area contributed by atoms with E-state index in [0.29, 0.717) is 0 Å². The van der Waals surface area contributed by atoms with Gasteiger partial charge in [-0.3, -0.25) is 5.73 Å². The third-order valence-electron chi connectivity index (χ3n) is 1.19. The van der Waals surface area contributed by atoms with Crippen LogP contribution >= 0.6 is 0 Å². The van der Waals surface area contributed by atoms with Gasteiger partial charge in [0.15, 0.2) is 12.0 Å². The highest BCUT2D eigenvalue weighted by molar-refractivity contribution is 4.94. The molecule has 0 spiro atoms. The van der Waals surface area contributed by atoms with Crippen molar-refractivity contribution >= 4 is 0 Å². The van der Waals surface area contributed by atoms with E-state index in [0.717, 1.165) is 0 Å². The Labute approximate surface area is 64.0 Å². The molecule has 0 rings (SSSR count). The lowest BCUT2D eigenvalue weighted by Gasteiger charge is -2.35.